The van der Waals surface area contributed by atoms with Crippen LogP contribution in [0.1, 0.15) is 18.4 Å². The Labute approximate surface area is 119 Å². The van der Waals surface area contributed by atoms with Gasteiger partial charge in [-0.1, -0.05) is 0 Å². The molecule has 2 aromatic heterocycles. The lowest BCUT2D eigenvalue weighted by Crippen LogP contribution is -2.23. The van der Waals surface area contributed by atoms with Crippen molar-refractivity contribution in [3.8, 4) is 0 Å². The van der Waals surface area contributed by atoms with Crippen LogP contribution in [0.15, 0.2) is 27.7 Å². The summed E-state index contributed by atoms with van der Waals surface area (Å²) in [6.45, 7) is 4.77. The Kier molecular flexibility index (Phi) is 4.26. The second kappa shape index (κ2) is 5.92. The van der Waals surface area contributed by atoms with E-state index in [1.54, 1.807) is 12.4 Å². The predicted molar refractivity (Wildman–Crippen MR) is 76.0 cm³/mol. The maximum absolute atomic E-state index is 11.9. The quantitative estimate of drug-likeness (QED) is 0.927. The van der Waals surface area contributed by atoms with Crippen LogP contribution >= 0.6 is 15.9 Å². The minimum absolute atomic E-state index is 0.147. The fourth-order valence-corrected chi connectivity index (χ4v) is 2.05. The standard InChI is InChI=1S/C12H14BrN5O/c1-3-18-12(19)11(13)10(7-16-18)15-6-9-4-5-14-8(2)17-9/h4-5,7,15H,3,6H2,1-2H3. The average molecular weight is 324 g/mol. The molecule has 2 heterocycles. The van der Waals surface area contributed by atoms with Gasteiger partial charge in [-0.15, -0.1) is 0 Å². The summed E-state index contributed by atoms with van der Waals surface area (Å²) in [4.78, 5) is 20.2. The summed E-state index contributed by atoms with van der Waals surface area (Å²) in [7, 11) is 0. The van der Waals surface area contributed by atoms with E-state index in [4.69, 9.17) is 0 Å². The van der Waals surface area contributed by atoms with Crippen LogP contribution in [0, 0.1) is 6.92 Å². The van der Waals surface area contributed by atoms with Gasteiger partial charge in [0, 0.05) is 12.7 Å². The number of halogens is 1. The fraction of sp³-hybridized carbons (Fsp3) is 0.333. The maximum atomic E-state index is 11.9. The van der Waals surface area contributed by atoms with Gasteiger partial charge in [-0.25, -0.2) is 14.6 Å². The molecule has 2 rings (SSSR count). The molecular weight excluding hydrogens is 310 g/mol. The molecule has 0 fully saturated rings. The summed E-state index contributed by atoms with van der Waals surface area (Å²) < 4.78 is 1.87. The van der Waals surface area contributed by atoms with Crippen molar-refractivity contribution in [1.82, 2.24) is 19.7 Å². The van der Waals surface area contributed by atoms with Gasteiger partial charge in [0.05, 0.1) is 24.1 Å². The summed E-state index contributed by atoms with van der Waals surface area (Å²) in [6, 6.07) is 1.83. The number of anilines is 1. The van der Waals surface area contributed by atoms with Crippen molar-refractivity contribution < 1.29 is 0 Å². The van der Waals surface area contributed by atoms with Crippen molar-refractivity contribution in [2.75, 3.05) is 5.32 Å². The summed E-state index contributed by atoms with van der Waals surface area (Å²) in [6.07, 6.45) is 3.34. The number of aryl methyl sites for hydroxylation is 2. The smallest absolute Gasteiger partial charge is 0.283 e. The van der Waals surface area contributed by atoms with Crippen molar-refractivity contribution in [2.24, 2.45) is 0 Å². The summed E-state index contributed by atoms with van der Waals surface area (Å²) in [5.74, 6) is 0.720. The third kappa shape index (κ3) is 3.17. The van der Waals surface area contributed by atoms with Gasteiger partial charge in [0.1, 0.15) is 10.3 Å². The molecule has 0 aliphatic heterocycles. The van der Waals surface area contributed by atoms with Gasteiger partial charge in [0.25, 0.3) is 5.56 Å². The number of nitrogens with one attached hydrogen (secondary N) is 1. The topological polar surface area (TPSA) is 72.7 Å². The Bertz CT molecular complexity index is 640. The lowest BCUT2D eigenvalue weighted by Gasteiger charge is -2.09. The molecule has 2 aromatic rings. The zero-order valence-electron chi connectivity index (χ0n) is 10.7. The normalized spacial score (nSPS) is 10.5. The van der Waals surface area contributed by atoms with Crippen LogP contribution < -0.4 is 10.9 Å². The lowest BCUT2D eigenvalue weighted by molar-refractivity contribution is 0.612. The van der Waals surface area contributed by atoms with Gasteiger partial charge in [-0.05, 0) is 35.8 Å². The molecule has 7 heteroatoms. The molecule has 0 amide bonds. The molecular formula is C12H14BrN5O. The highest BCUT2D eigenvalue weighted by Gasteiger charge is 2.07. The van der Waals surface area contributed by atoms with E-state index < -0.39 is 0 Å². The van der Waals surface area contributed by atoms with Crippen LogP contribution in [0.4, 0.5) is 5.69 Å². The summed E-state index contributed by atoms with van der Waals surface area (Å²) in [5, 5.41) is 7.20. The van der Waals surface area contributed by atoms with E-state index in [2.05, 4.69) is 36.3 Å². The Morgan fingerprint density at radius 3 is 2.95 bits per heavy atom. The van der Waals surface area contributed by atoms with Gasteiger partial charge in [0.15, 0.2) is 0 Å². The van der Waals surface area contributed by atoms with Crippen LogP contribution in [0.2, 0.25) is 0 Å². The Balaban J connectivity index is 2.16. The number of nitrogens with zero attached hydrogens (tertiary/aromatic N) is 4. The van der Waals surface area contributed by atoms with Crippen molar-refractivity contribution in [3.05, 3.63) is 44.8 Å². The van der Waals surface area contributed by atoms with E-state index in [9.17, 15) is 4.79 Å². The molecule has 1 N–H and O–H groups in total. The van der Waals surface area contributed by atoms with E-state index >= 15 is 0 Å². The molecule has 0 aromatic carbocycles. The molecule has 0 atom stereocenters. The molecule has 0 saturated carbocycles. The largest absolute Gasteiger partial charge is 0.377 e. The molecule has 0 unspecified atom stereocenters. The molecule has 0 spiro atoms. The Morgan fingerprint density at radius 2 is 2.26 bits per heavy atom. The number of hydrogen-bond donors (Lipinski definition) is 1. The van der Waals surface area contributed by atoms with E-state index in [1.165, 1.54) is 4.68 Å². The SMILES string of the molecule is CCn1ncc(NCc2ccnc(C)n2)c(Br)c1=O. The monoisotopic (exact) mass is 323 g/mol. The van der Waals surface area contributed by atoms with Gasteiger partial charge < -0.3 is 5.32 Å². The minimum atomic E-state index is -0.147. The van der Waals surface area contributed by atoms with Crippen LogP contribution in [-0.2, 0) is 13.1 Å². The van der Waals surface area contributed by atoms with E-state index in [0.717, 1.165) is 11.5 Å². The predicted octanol–water partition coefficient (Wildman–Crippen LogP) is 1.74. The maximum Gasteiger partial charge on any atom is 0.283 e. The second-order valence-electron chi connectivity index (χ2n) is 3.94. The molecule has 0 radical (unpaired) electrons. The van der Waals surface area contributed by atoms with Crippen LogP contribution in [0.25, 0.3) is 0 Å². The first-order valence-corrected chi connectivity index (χ1v) is 6.69. The lowest BCUT2D eigenvalue weighted by atomic mass is 10.3. The van der Waals surface area contributed by atoms with Crippen LogP contribution in [0.5, 0.6) is 0 Å². The molecule has 0 saturated heterocycles. The van der Waals surface area contributed by atoms with E-state index in [-0.39, 0.29) is 5.56 Å². The molecule has 100 valence electrons. The Morgan fingerprint density at radius 1 is 1.47 bits per heavy atom. The zero-order chi connectivity index (χ0) is 13.8. The second-order valence-corrected chi connectivity index (χ2v) is 4.73. The highest BCUT2D eigenvalue weighted by Crippen LogP contribution is 2.16. The third-order valence-electron chi connectivity index (χ3n) is 2.58. The van der Waals surface area contributed by atoms with Gasteiger partial charge >= 0.3 is 0 Å². The van der Waals surface area contributed by atoms with E-state index in [0.29, 0.717) is 23.2 Å². The minimum Gasteiger partial charge on any atom is -0.377 e. The third-order valence-corrected chi connectivity index (χ3v) is 3.34. The fourth-order valence-electron chi connectivity index (χ4n) is 1.60. The number of rotatable bonds is 4. The first-order valence-electron chi connectivity index (χ1n) is 5.90. The number of aromatic nitrogens is 4. The van der Waals surface area contributed by atoms with E-state index in [1.807, 2.05) is 19.9 Å². The van der Waals surface area contributed by atoms with Gasteiger partial charge in [-0.3, -0.25) is 4.79 Å². The van der Waals surface area contributed by atoms with Crippen LogP contribution in [-0.4, -0.2) is 19.7 Å². The first kappa shape index (κ1) is 13.7. The van der Waals surface area contributed by atoms with Crippen molar-refractivity contribution >= 4 is 21.6 Å². The molecule has 0 aliphatic rings. The molecule has 0 aliphatic carbocycles. The number of hydrogen-bond acceptors (Lipinski definition) is 5. The highest BCUT2D eigenvalue weighted by atomic mass is 79.9. The van der Waals surface area contributed by atoms with Gasteiger partial charge in [0.2, 0.25) is 0 Å². The van der Waals surface area contributed by atoms with Crippen LogP contribution in [0.3, 0.4) is 0 Å². The van der Waals surface area contributed by atoms with Gasteiger partial charge in [-0.2, -0.15) is 5.10 Å². The molecule has 19 heavy (non-hydrogen) atoms. The first-order chi connectivity index (χ1) is 9.11. The van der Waals surface area contributed by atoms with Crippen molar-refractivity contribution in [3.63, 3.8) is 0 Å². The average Bonchev–Trinajstić information content (AvgIpc) is 2.41. The zero-order valence-corrected chi connectivity index (χ0v) is 12.3. The summed E-state index contributed by atoms with van der Waals surface area (Å²) in [5.41, 5.74) is 1.37. The van der Waals surface area contributed by atoms with Crippen molar-refractivity contribution in [2.45, 2.75) is 26.9 Å². The highest BCUT2D eigenvalue weighted by molar-refractivity contribution is 9.10. The van der Waals surface area contributed by atoms with Crippen molar-refractivity contribution in [1.29, 1.82) is 0 Å². The molecule has 6 nitrogen and oxygen atoms in total. The molecule has 0 bridgehead atoms. The summed E-state index contributed by atoms with van der Waals surface area (Å²) >= 11 is 3.29. The Hall–Kier alpha value is -1.76.